The Morgan fingerprint density at radius 1 is 1.21 bits per heavy atom. The molecule has 8 nitrogen and oxygen atoms in total. The van der Waals surface area contributed by atoms with Gasteiger partial charge in [-0.15, -0.1) is 0 Å². The minimum atomic E-state index is -2.94. The first-order chi connectivity index (χ1) is 13.4. The third kappa shape index (κ3) is 4.11. The topological polar surface area (TPSA) is 100 Å². The molecule has 0 radical (unpaired) electrons. The number of methoxy groups -OCH3 is 1. The third-order valence-corrected chi connectivity index (χ3v) is 3.65. The summed E-state index contributed by atoms with van der Waals surface area (Å²) in [6.07, 6.45) is 1.39. The van der Waals surface area contributed by atoms with Gasteiger partial charge in [-0.25, -0.2) is 9.79 Å². The standard InChI is InChI=1S/C18H12F2N2O6/c1-26-15-7-4-11(9-14(15)22(24)25)16-21-13(17(23)28-16)8-10-2-5-12(6-3-10)27-18(19)20/h2-9,18H,1H3/b13-8-. The number of carbonyl (C=O) groups is 1. The number of aliphatic imine (C=N–C) groups is 1. The summed E-state index contributed by atoms with van der Waals surface area (Å²) in [6.45, 7) is -2.94. The molecule has 0 unspecified atom stereocenters. The number of ether oxygens (including phenoxy) is 3. The highest BCUT2D eigenvalue weighted by molar-refractivity contribution is 6.13. The second-order valence-electron chi connectivity index (χ2n) is 5.43. The summed E-state index contributed by atoms with van der Waals surface area (Å²) in [5.41, 5.74) is 0.381. The van der Waals surface area contributed by atoms with Crippen molar-refractivity contribution < 1.29 is 32.7 Å². The van der Waals surface area contributed by atoms with E-state index in [0.717, 1.165) is 0 Å². The second-order valence-corrected chi connectivity index (χ2v) is 5.43. The molecule has 0 saturated carbocycles. The van der Waals surface area contributed by atoms with Crippen LogP contribution in [0.3, 0.4) is 0 Å². The van der Waals surface area contributed by atoms with E-state index in [1.54, 1.807) is 0 Å². The minimum absolute atomic E-state index is 0.0270. The van der Waals surface area contributed by atoms with Crippen LogP contribution in [0.25, 0.3) is 6.08 Å². The molecule has 0 fully saturated rings. The van der Waals surface area contributed by atoms with Crippen molar-refractivity contribution in [3.05, 3.63) is 69.4 Å². The van der Waals surface area contributed by atoms with Crippen LogP contribution in [0.5, 0.6) is 11.5 Å². The number of cyclic esters (lactones) is 1. The fraction of sp³-hybridized carbons (Fsp3) is 0.111. The summed E-state index contributed by atoms with van der Waals surface area (Å²) < 4.78 is 38.6. The molecule has 1 aliphatic rings. The van der Waals surface area contributed by atoms with Crippen molar-refractivity contribution in [3.8, 4) is 11.5 Å². The molecule has 0 saturated heterocycles. The van der Waals surface area contributed by atoms with E-state index in [4.69, 9.17) is 9.47 Å². The van der Waals surface area contributed by atoms with E-state index < -0.39 is 17.5 Å². The average molecular weight is 390 g/mol. The quantitative estimate of drug-likeness (QED) is 0.324. The predicted molar refractivity (Wildman–Crippen MR) is 93.3 cm³/mol. The first-order valence-electron chi connectivity index (χ1n) is 7.77. The van der Waals surface area contributed by atoms with Gasteiger partial charge in [0.2, 0.25) is 5.90 Å². The summed E-state index contributed by atoms with van der Waals surface area (Å²) in [5.74, 6) is -0.817. The normalized spacial score (nSPS) is 14.8. The molecule has 3 rings (SSSR count). The Morgan fingerprint density at radius 2 is 1.93 bits per heavy atom. The van der Waals surface area contributed by atoms with Crippen molar-refractivity contribution in [2.45, 2.75) is 6.61 Å². The molecule has 0 atom stereocenters. The SMILES string of the molecule is COc1ccc(C2=N/C(=C\c3ccc(OC(F)F)cc3)C(=O)O2)cc1[N+](=O)[O-]. The van der Waals surface area contributed by atoms with Crippen LogP contribution in [-0.2, 0) is 9.53 Å². The number of rotatable bonds is 6. The maximum Gasteiger partial charge on any atom is 0.387 e. The molecule has 0 aromatic heterocycles. The van der Waals surface area contributed by atoms with Gasteiger partial charge >= 0.3 is 18.3 Å². The summed E-state index contributed by atoms with van der Waals surface area (Å²) in [4.78, 5) is 26.6. The number of alkyl halides is 2. The van der Waals surface area contributed by atoms with E-state index in [0.29, 0.717) is 5.56 Å². The van der Waals surface area contributed by atoms with Gasteiger partial charge in [0.25, 0.3) is 0 Å². The number of carbonyl (C=O) groups excluding carboxylic acids is 1. The molecule has 1 aliphatic heterocycles. The molecule has 2 aromatic carbocycles. The van der Waals surface area contributed by atoms with Crippen molar-refractivity contribution in [2.75, 3.05) is 7.11 Å². The van der Waals surface area contributed by atoms with Crippen molar-refractivity contribution in [1.82, 2.24) is 0 Å². The first-order valence-corrected chi connectivity index (χ1v) is 7.77. The van der Waals surface area contributed by atoms with Crippen LogP contribution in [0.2, 0.25) is 0 Å². The largest absolute Gasteiger partial charge is 0.490 e. The summed E-state index contributed by atoms with van der Waals surface area (Å²) in [6, 6.07) is 9.58. The summed E-state index contributed by atoms with van der Waals surface area (Å²) in [5, 5.41) is 11.1. The highest BCUT2D eigenvalue weighted by Gasteiger charge is 2.26. The number of hydrogen-bond donors (Lipinski definition) is 0. The molecular weight excluding hydrogens is 378 g/mol. The number of benzene rings is 2. The molecule has 0 amide bonds. The molecular formula is C18H12F2N2O6. The van der Waals surface area contributed by atoms with E-state index in [1.807, 2.05) is 0 Å². The average Bonchev–Trinajstić information content (AvgIpc) is 3.02. The van der Waals surface area contributed by atoms with E-state index in [9.17, 15) is 23.7 Å². The Morgan fingerprint density at radius 3 is 2.54 bits per heavy atom. The molecule has 1 heterocycles. The monoisotopic (exact) mass is 390 g/mol. The van der Waals surface area contributed by atoms with Gasteiger partial charge in [0.15, 0.2) is 11.4 Å². The zero-order chi connectivity index (χ0) is 20.3. The van der Waals surface area contributed by atoms with Gasteiger partial charge in [0.05, 0.1) is 12.0 Å². The number of nitro benzene ring substituents is 1. The van der Waals surface area contributed by atoms with Crippen LogP contribution in [0.1, 0.15) is 11.1 Å². The zero-order valence-electron chi connectivity index (χ0n) is 14.3. The highest BCUT2D eigenvalue weighted by Crippen LogP contribution is 2.29. The van der Waals surface area contributed by atoms with Crippen molar-refractivity contribution in [1.29, 1.82) is 0 Å². The highest BCUT2D eigenvalue weighted by atomic mass is 19.3. The third-order valence-electron chi connectivity index (χ3n) is 3.65. The number of hydrogen-bond acceptors (Lipinski definition) is 7. The van der Waals surface area contributed by atoms with E-state index in [-0.39, 0.29) is 34.3 Å². The zero-order valence-corrected chi connectivity index (χ0v) is 14.3. The molecule has 0 aliphatic carbocycles. The van der Waals surface area contributed by atoms with Gasteiger partial charge in [-0.05, 0) is 35.9 Å². The van der Waals surface area contributed by atoms with Crippen molar-refractivity contribution >= 4 is 23.6 Å². The number of nitrogens with zero attached hydrogens (tertiary/aromatic N) is 2. The van der Waals surface area contributed by atoms with Crippen LogP contribution >= 0.6 is 0 Å². The minimum Gasteiger partial charge on any atom is -0.490 e. The lowest BCUT2D eigenvalue weighted by molar-refractivity contribution is -0.385. The van der Waals surface area contributed by atoms with Gasteiger partial charge in [0.1, 0.15) is 5.75 Å². The van der Waals surface area contributed by atoms with Crippen LogP contribution in [-0.4, -0.2) is 30.5 Å². The van der Waals surface area contributed by atoms with Crippen molar-refractivity contribution in [2.24, 2.45) is 4.99 Å². The first kappa shape index (κ1) is 19.0. The summed E-state index contributed by atoms with van der Waals surface area (Å²) >= 11 is 0. The Bertz CT molecular complexity index is 986. The van der Waals surface area contributed by atoms with Gasteiger partial charge in [-0.1, -0.05) is 12.1 Å². The molecule has 28 heavy (non-hydrogen) atoms. The molecule has 10 heteroatoms. The fourth-order valence-corrected chi connectivity index (χ4v) is 2.40. The van der Waals surface area contributed by atoms with E-state index in [1.165, 1.54) is 55.7 Å². The molecule has 2 aromatic rings. The van der Waals surface area contributed by atoms with E-state index in [2.05, 4.69) is 9.73 Å². The molecule has 0 N–H and O–H groups in total. The van der Waals surface area contributed by atoms with Gasteiger partial charge in [-0.2, -0.15) is 8.78 Å². The number of esters is 1. The predicted octanol–water partition coefficient (Wildman–Crippen LogP) is 3.55. The van der Waals surface area contributed by atoms with Crippen LogP contribution in [0.4, 0.5) is 14.5 Å². The Balaban J connectivity index is 1.87. The maximum absolute atomic E-state index is 12.2. The number of halogens is 2. The lowest BCUT2D eigenvalue weighted by Crippen LogP contribution is -2.06. The Labute approximate surface area is 156 Å². The molecule has 0 spiro atoms. The van der Waals surface area contributed by atoms with Crippen LogP contribution in [0, 0.1) is 10.1 Å². The second kappa shape index (κ2) is 7.82. The lowest BCUT2D eigenvalue weighted by Gasteiger charge is -2.03. The summed E-state index contributed by atoms with van der Waals surface area (Å²) in [7, 11) is 1.30. The number of nitro groups is 1. The molecule has 144 valence electrons. The lowest BCUT2D eigenvalue weighted by atomic mass is 10.2. The van der Waals surface area contributed by atoms with Gasteiger partial charge in [-0.3, -0.25) is 10.1 Å². The van der Waals surface area contributed by atoms with Gasteiger partial charge in [0, 0.05) is 11.6 Å². The van der Waals surface area contributed by atoms with E-state index >= 15 is 0 Å². The fourth-order valence-electron chi connectivity index (χ4n) is 2.40. The molecule has 0 bridgehead atoms. The van der Waals surface area contributed by atoms with Gasteiger partial charge < -0.3 is 14.2 Å². The Hall–Kier alpha value is -3.82. The maximum atomic E-state index is 12.2. The van der Waals surface area contributed by atoms with Crippen molar-refractivity contribution in [3.63, 3.8) is 0 Å². The smallest absolute Gasteiger partial charge is 0.387 e. The van der Waals surface area contributed by atoms with Crippen LogP contribution < -0.4 is 9.47 Å². The Kier molecular flexibility index (Phi) is 5.30. The van der Waals surface area contributed by atoms with Crippen LogP contribution in [0.15, 0.2) is 53.2 Å².